The summed E-state index contributed by atoms with van der Waals surface area (Å²) >= 11 is 0. The van der Waals surface area contributed by atoms with Gasteiger partial charge in [0.25, 0.3) is 0 Å². The van der Waals surface area contributed by atoms with Crippen molar-refractivity contribution in [3.8, 4) is 11.5 Å². The molecule has 0 radical (unpaired) electrons. The quantitative estimate of drug-likeness (QED) is 0.579. The Labute approximate surface area is 137 Å². The van der Waals surface area contributed by atoms with Gasteiger partial charge in [-0.2, -0.15) is 0 Å². The molecule has 1 aliphatic rings. The van der Waals surface area contributed by atoms with E-state index in [1.807, 2.05) is 12.1 Å². The lowest BCUT2D eigenvalue weighted by Gasteiger charge is -2.12. The van der Waals surface area contributed by atoms with E-state index in [2.05, 4.69) is 0 Å². The summed E-state index contributed by atoms with van der Waals surface area (Å²) in [6, 6.07) is 9.98. The zero-order chi connectivity index (χ0) is 16.7. The lowest BCUT2D eigenvalue weighted by atomic mass is 10.1. The molecule has 4 nitrogen and oxygen atoms in total. The van der Waals surface area contributed by atoms with E-state index in [1.54, 1.807) is 18.2 Å². The fourth-order valence-electron chi connectivity index (χ4n) is 3.37. The van der Waals surface area contributed by atoms with E-state index in [0.29, 0.717) is 36.2 Å². The van der Waals surface area contributed by atoms with E-state index in [9.17, 15) is 14.3 Å². The van der Waals surface area contributed by atoms with Gasteiger partial charge in [-0.15, -0.1) is 0 Å². The van der Waals surface area contributed by atoms with Gasteiger partial charge in [0.05, 0.1) is 12.0 Å². The first-order chi connectivity index (χ1) is 11.6. The van der Waals surface area contributed by atoms with Crippen molar-refractivity contribution in [1.82, 2.24) is 0 Å². The molecule has 1 heterocycles. The first-order valence-corrected chi connectivity index (χ1v) is 8.06. The molecule has 1 aliphatic carbocycles. The van der Waals surface area contributed by atoms with Crippen LogP contribution in [-0.2, 0) is 0 Å². The standard InChI is InChI=1S/C19H17FO4/c20-12-2-1-11(7-12)10-23-14-4-6-16-15-5-3-13(21)8-17(15)19(22)24-18(16)9-14/h3-6,8-9,11-12,21H,1-2,7,10H2. The van der Waals surface area contributed by atoms with Crippen LogP contribution in [0.5, 0.6) is 11.5 Å². The molecule has 0 bridgehead atoms. The molecule has 0 amide bonds. The largest absolute Gasteiger partial charge is 0.508 e. The summed E-state index contributed by atoms with van der Waals surface area (Å²) in [6.07, 6.45) is 1.30. The van der Waals surface area contributed by atoms with Crippen LogP contribution in [0.2, 0.25) is 0 Å². The summed E-state index contributed by atoms with van der Waals surface area (Å²) in [5, 5.41) is 11.4. The Balaban J connectivity index is 1.67. The molecule has 124 valence electrons. The van der Waals surface area contributed by atoms with Gasteiger partial charge in [-0.1, -0.05) is 0 Å². The maximum Gasteiger partial charge on any atom is 0.344 e. The minimum Gasteiger partial charge on any atom is -0.508 e. The minimum absolute atomic E-state index is 0.0248. The number of phenols is 1. The Hall–Kier alpha value is -2.56. The van der Waals surface area contributed by atoms with Crippen LogP contribution in [0, 0.1) is 5.92 Å². The van der Waals surface area contributed by atoms with Crippen LogP contribution in [0.1, 0.15) is 19.3 Å². The van der Waals surface area contributed by atoms with Gasteiger partial charge in [-0.05, 0) is 55.5 Å². The molecule has 0 aliphatic heterocycles. The topological polar surface area (TPSA) is 59.7 Å². The average Bonchev–Trinajstić information content (AvgIpc) is 2.98. The second-order valence-corrected chi connectivity index (χ2v) is 6.36. The molecule has 5 heteroatoms. The summed E-state index contributed by atoms with van der Waals surface area (Å²) in [7, 11) is 0. The van der Waals surface area contributed by atoms with Crippen molar-refractivity contribution < 1.29 is 18.7 Å². The highest BCUT2D eigenvalue weighted by molar-refractivity contribution is 6.04. The summed E-state index contributed by atoms with van der Waals surface area (Å²) in [5.41, 5.74) is -0.0629. The van der Waals surface area contributed by atoms with Gasteiger partial charge in [0.2, 0.25) is 0 Å². The van der Waals surface area contributed by atoms with Crippen LogP contribution < -0.4 is 10.4 Å². The van der Waals surface area contributed by atoms with E-state index >= 15 is 0 Å². The van der Waals surface area contributed by atoms with Gasteiger partial charge < -0.3 is 14.3 Å². The van der Waals surface area contributed by atoms with Crippen molar-refractivity contribution >= 4 is 21.7 Å². The Kier molecular flexibility index (Phi) is 3.63. The van der Waals surface area contributed by atoms with E-state index in [0.717, 1.165) is 17.2 Å². The highest BCUT2D eigenvalue weighted by atomic mass is 19.1. The third-order valence-corrected chi connectivity index (χ3v) is 4.63. The zero-order valence-electron chi connectivity index (χ0n) is 13.0. The molecule has 1 fully saturated rings. The molecule has 0 spiro atoms. The van der Waals surface area contributed by atoms with Crippen molar-refractivity contribution in [3.05, 3.63) is 46.8 Å². The predicted molar refractivity (Wildman–Crippen MR) is 89.4 cm³/mol. The Morgan fingerprint density at radius 3 is 2.75 bits per heavy atom. The van der Waals surface area contributed by atoms with Gasteiger partial charge in [0, 0.05) is 16.8 Å². The second-order valence-electron chi connectivity index (χ2n) is 6.36. The predicted octanol–water partition coefficient (Wildman–Crippen LogP) is 4.17. The number of hydrogen-bond donors (Lipinski definition) is 1. The molecule has 1 saturated carbocycles. The highest BCUT2D eigenvalue weighted by Gasteiger charge is 2.24. The van der Waals surface area contributed by atoms with Crippen molar-refractivity contribution in [2.45, 2.75) is 25.4 Å². The van der Waals surface area contributed by atoms with Crippen LogP contribution in [0.3, 0.4) is 0 Å². The Morgan fingerprint density at radius 1 is 1.12 bits per heavy atom. The van der Waals surface area contributed by atoms with Crippen LogP contribution in [0.4, 0.5) is 4.39 Å². The van der Waals surface area contributed by atoms with Crippen molar-refractivity contribution in [2.75, 3.05) is 6.61 Å². The number of halogens is 1. The smallest absolute Gasteiger partial charge is 0.344 e. The summed E-state index contributed by atoms with van der Waals surface area (Å²) < 4.78 is 24.3. The first-order valence-electron chi connectivity index (χ1n) is 8.06. The molecule has 1 N–H and O–H groups in total. The van der Waals surface area contributed by atoms with Gasteiger partial charge in [0.15, 0.2) is 0 Å². The van der Waals surface area contributed by atoms with Crippen molar-refractivity contribution in [2.24, 2.45) is 5.92 Å². The number of phenolic OH excluding ortho intramolecular Hbond substituents is 1. The maximum absolute atomic E-state index is 13.2. The molecule has 2 atom stereocenters. The molecule has 4 rings (SSSR count). The van der Waals surface area contributed by atoms with E-state index in [-0.39, 0.29) is 11.7 Å². The molecular formula is C19H17FO4. The molecule has 0 saturated heterocycles. The van der Waals surface area contributed by atoms with Gasteiger partial charge in [-0.3, -0.25) is 0 Å². The lowest BCUT2D eigenvalue weighted by Crippen LogP contribution is -2.09. The second kappa shape index (κ2) is 5.82. The average molecular weight is 328 g/mol. The third-order valence-electron chi connectivity index (χ3n) is 4.63. The number of hydrogen-bond acceptors (Lipinski definition) is 4. The van der Waals surface area contributed by atoms with Crippen LogP contribution in [0.25, 0.3) is 21.7 Å². The monoisotopic (exact) mass is 328 g/mol. The van der Waals surface area contributed by atoms with E-state index in [1.165, 1.54) is 6.07 Å². The molecule has 2 unspecified atom stereocenters. The summed E-state index contributed by atoms with van der Waals surface area (Å²) in [5.74, 6) is 0.866. The highest BCUT2D eigenvalue weighted by Crippen LogP contribution is 2.30. The number of rotatable bonds is 3. The zero-order valence-corrected chi connectivity index (χ0v) is 13.0. The molecule has 1 aromatic heterocycles. The van der Waals surface area contributed by atoms with Crippen LogP contribution >= 0.6 is 0 Å². The molecule has 24 heavy (non-hydrogen) atoms. The summed E-state index contributed by atoms with van der Waals surface area (Å²) in [4.78, 5) is 12.1. The summed E-state index contributed by atoms with van der Waals surface area (Å²) in [6.45, 7) is 0.470. The van der Waals surface area contributed by atoms with Gasteiger partial charge >= 0.3 is 5.63 Å². The van der Waals surface area contributed by atoms with Crippen LogP contribution in [-0.4, -0.2) is 17.9 Å². The van der Waals surface area contributed by atoms with Crippen molar-refractivity contribution in [1.29, 1.82) is 0 Å². The van der Waals surface area contributed by atoms with Crippen LogP contribution in [0.15, 0.2) is 45.6 Å². The lowest BCUT2D eigenvalue weighted by molar-refractivity contribution is 0.239. The third kappa shape index (κ3) is 2.70. The van der Waals surface area contributed by atoms with E-state index < -0.39 is 11.8 Å². The number of aromatic hydroxyl groups is 1. The normalized spacial score (nSPS) is 20.7. The first kappa shape index (κ1) is 15.0. The molecule has 3 aromatic rings. The minimum atomic E-state index is -0.712. The Bertz CT molecular complexity index is 963. The maximum atomic E-state index is 13.2. The van der Waals surface area contributed by atoms with Crippen molar-refractivity contribution in [3.63, 3.8) is 0 Å². The Morgan fingerprint density at radius 2 is 1.96 bits per heavy atom. The number of alkyl halides is 1. The van der Waals surface area contributed by atoms with Gasteiger partial charge in [0.1, 0.15) is 23.3 Å². The van der Waals surface area contributed by atoms with E-state index in [4.69, 9.17) is 9.15 Å². The number of benzene rings is 2. The SMILES string of the molecule is O=c1oc2cc(OCC3CCC(F)C3)ccc2c2ccc(O)cc12. The fraction of sp³-hybridized carbons (Fsp3) is 0.316. The fourth-order valence-corrected chi connectivity index (χ4v) is 3.37. The number of ether oxygens (including phenoxy) is 1. The van der Waals surface area contributed by atoms with Gasteiger partial charge in [-0.25, -0.2) is 9.18 Å². The number of fused-ring (bicyclic) bond motifs is 3. The molecular weight excluding hydrogens is 311 g/mol. The molecule has 2 aromatic carbocycles.